The van der Waals surface area contributed by atoms with E-state index < -0.39 is 6.10 Å². The Hall–Kier alpha value is -2.69. The number of fused-ring (bicyclic) bond motifs is 1. The molecular weight excluding hydrogens is 296 g/mol. The van der Waals surface area contributed by atoms with Crippen LogP contribution in [0.4, 0.5) is 0 Å². The van der Waals surface area contributed by atoms with Crippen LogP contribution in [0.1, 0.15) is 17.2 Å². The minimum absolute atomic E-state index is 0.0303. The van der Waals surface area contributed by atoms with Crippen molar-refractivity contribution in [3.05, 3.63) is 47.5 Å². The molecule has 1 aliphatic rings. The minimum Gasteiger partial charge on any atom is -0.497 e. The molecule has 0 spiro atoms. The predicted molar refractivity (Wildman–Crippen MR) is 84.6 cm³/mol. The summed E-state index contributed by atoms with van der Waals surface area (Å²) in [6, 6.07) is 10.9. The molecule has 1 atom stereocenters. The first-order chi connectivity index (χ1) is 11.2. The maximum absolute atomic E-state index is 12.6. The molecule has 1 heterocycles. The summed E-state index contributed by atoms with van der Waals surface area (Å²) in [4.78, 5) is 12.6. The molecule has 2 aromatic rings. The maximum Gasteiger partial charge on any atom is 0.186 e. The zero-order valence-corrected chi connectivity index (χ0v) is 13.3. The van der Waals surface area contributed by atoms with Crippen molar-refractivity contribution >= 4 is 5.78 Å². The van der Waals surface area contributed by atoms with Crippen LogP contribution in [0.3, 0.4) is 0 Å². The summed E-state index contributed by atoms with van der Waals surface area (Å²) in [5, 5.41) is 0. The highest BCUT2D eigenvalue weighted by atomic mass is 16.5. The lowest BCUT2D eigenvalue weighted by Crippen LogP contribution is -2.26. The number of benzene rings is 2. The lowest BCUT2D eigenvalue weighted by Gasteiger charge is -2.27. The minimum atomic E-state index is -0.707. The molecule has 1 aliphatic heterocycles. The van der Waals surface area contributed by atoms with Gasteiger partial charge in [-0.1, -0.05) is 12.1 Å². The fraction of sp³-hybridized carbons (Fsp3) is 0.278. The highest BCUT2D eigenvalue weighted by Gasteiger charge is 2.32. The van der Waals surface area contributed by atoms with Crippen LogP contribution >= 0.6 is 0 Å². The number of carbonyl (C=O) groups is 1. The molecule has 120 valence electrons. The van der Waals surface area contributed by atoms with Crippen LogP contribution in [0, 0.1) is 0 Å². The van der Waals surface area contributed by atoms with Gasteiger partial charge in [0.25, 0.3) is 0 Å². The molecule has 2 aromatic carbocycles. The van der Waals surface area contributed by atoms with Crippen LogP contribution in [0.5, 0.6) is 23.0 Å². The molecule has 0 bridgehead atoms. The van der Waals surface area contributed by atoms with Gasteiger partial charge >= 0.3 is 0 Å². The highest BCUT2D eigenvalue weighted by Crippen LogP contribution is 2.41. The van der Waals surface area contributed by atoms with Crippen molar-refractivity contribution in [1.29, 1.82) is 0 Å². The largest absolute Gasteiger partial charge is 0.497 e. The van der Waals surface area contributed by atoms with Crippen LogP contribution in [0.25, 0.3) is 0 Å². The third-order valence-electron chi connectivity index (χ3n) is 3.89. The Balaban J connectivity index is 2.00. The van der Waals surface area contributed by atoms with Crippen molar-refractivity contribution in [3.63, 3.8) is 0 Å². The van der Waals surface area contributed by atoms with Crippen molar-refractivity contribution in [1.82, 2.24) is 0 Å². The summed E-state index contributed by atoms with van der Waals surface area (Å²) in [6.07, 6.45) is -0.418. The second-order valence-electron chi connectivity index (χ2n) is 5.20. The van der Waals surface area contributed by atoms with Gasteiger partial charge in [0, 0.05) is 17.5 Å². The summed E-state index contributed by atoms with van der Waals surface area (Å²) in [5.41, 5.74) is 1.49. The first-order valence-electron chi connectivity index (χ1n) is 7.25. The number of methoxy groups -OCH3 is 3. The molecule has 5 heteroatoms. The Labute approximate surface area is 134 Å². The van der Waals surface area contributed by atoms with Crippen LogP contribution in [0.2, 0.25) is 0 Å². The molecule has 0 saturated heterocycles. The van der Waals surface area contributed by atoms with Gasteiger partial charge in [0.05, 0.1) is 21.3 Å². The topological polar surface area (TPSA) is 54.0 Å². The Morgan fingerprint density at radius 2 is 1.87 bits per heavy atom. The smallest absolute Gasteiger partial charge is 0.186 e. The van der Waals surface area contributed by atoms with Gasteiger partial charge in [0.15, 0.2) is 23.4 Å². The summed E-state index contributed by atoms with van der Waals surface area (Å²) in [6.45, 7) is 0. The van der Waals surface area contributed by atoms with E-state index in [2.05, 4.69) is 0 Å². The fourth-order valence-corrected chi connectivity index (χ4v) is 2.76. The predicted octanol–water partition coefficient (Wildman–Crippen LogP) is 2.96. The zero-order chi connectivity index (χ0) is 16.4. The fourth-order valence-electron chi connectivity index (χ4n) is 2.76. The number of carbonyl (C=O) groups excluding carboxylic acids is 1. The molecule has 3 rings (SSSR count). The summed E-state index contributed by atoms with van der Waals surface area (Å²) >= 11 is 0. The molecule has 0 radical (unpaired) electrons. The molecule has 0 N–H and O–H groups in total. The average molecular weight is 314 g/mol. The number of ether oxygens (including phenoxy) is 4. The standard InChI is InChI=1S/C18H18O5/c1-20-12-7-8-15-11(9-12)10-14(19)17(23-15)13-5-4-6-16(21-2)18(13)22-3/h4-9,17H,10H2,1-3H3. The second kappa shape index (κ2) is 6.20. The Morgan fingerprint density at radius 1 is 1.04 bits per heavy atom. The number of para-hydroxylation sites is 1. The first-order valence-corrected chi connectivity index (χ1v) is 7.25. The maximum atomic E-state index is 12.6. The summed E-state index contributed by atoms with van der Waals surface area (Å²) < 4.78 is 21.8. The van der Waals surface area contributed by atoms with Gasteiger partial charge in [-0.15, -0.1) is 0 Å². The van der Waals surface area contributed by atoms with Gasteiger partial charge in [-0.3, -0.25) is 4.79 Å². The lowest BCUT2D eigenvalue weighted by atomic mass is 9.95. The lowest BCUT2D eigenvalue weighted by molar-refractivity contribution is -0.126. The number of Topliss-reactive ketones (excluding diaryl/α,β-unsaturated/α-hetero) is 1. The van der Waals surface area contributed by atoms with Crippen molar-refractivity contribution in [2.24, 2.45) is 0 Å². The van der Waals surface area contributed by atoms with Gasteiger partial charge in [0.1, 0.15) is 11.5 Å². The van der Waals surface area contributed by atoms with E-state index in [0.29, 0.717) is 28.6 Å². The van der Waals surface area contributed by atoms with Crippen molar-refractivity contribution in [3.8, 4) is 23.0 Å². The average Bonchev–Trinajstić information content (AvgIpc) is 2.59. The van der Waals surface area contributed by atoms with Gasteiger partial charge in [-0.25, -0.2) is 0 Å². The Kier molecular flexibility index (Phi) is 4.10. The molecule has 0 saturated carbocycles. The van der Waals surface area contributed by atoms with Crippen molar-refractivity contribution in [2.45, 2.75) is 12.5 Å². The third kappa shape index (κ3) is 2.70. The molecular formula is C18H18O5. The molecule has 5 nitrogen and oxygen atoms in total. The highest BCUT2D eigenvalue weighted by molar-refractivity contribution is 5.89. The van der Waals surface area contributed by atoms with Gasteiger partial charge in [-0.05, 0) is 24.3 Å². The molecule has 0 fully saturated rings. The van der Waals surface area contributed by atoms with Gasteiger partial charge < -0.3 is 18.9 Å². The van der Waals surface area contributed by atoms with E-state index in [1.54, 1.807) is 27.4 Å². The molecule has 1 unspecified atom stereocenters. The van der Waals surface area contributed by atoms with E-state index in [1.165, 1.54) is 0 Å². The second-order valence-corrected chi connectivity index (χ2v) is 5.20. The molecule has 23 heavy (non-hydrogen) atoms. The first kappa shape index (κ1) is 15.2. The van der Waals surface area contributed by atoms with Gasteiger partial charge in [0.2, 0.25) is 0 Å². The SMILES string of the molecule is COc1ccc2c(c1)CC(=O)C(c1cccc(OC)c1OC)O2. The number of rotatable bonds is 4. The van der Waals surface area contributed by atoms with Crippen molar-refractivity contribution < 1.29 is 23.7 Å². The van der Waals surface area contributed by atoms with E-state index in [4.69, 9.17) is 18.9 Å². The van der Waals surface area contributed by atoms with Crippen LogP contribution < -0.4 is 18.9 Å². The van der Waals surface area contributed by atoms with Crippen LogP contribution in [-0.2, 0) is 11.2 Å². The molecule has 0 amide bonds. The Bertz CT molecular complexity index is 738. The number of hydrogen-bond acceptors (Lipinski definition) is 5. The zero-order valence-electron chi connectivity index (χ0n) is 13.3. The van der Waals surface area contributed by atoms with E-state index in [9.17, 15) is 4.79 Å². The number of ketones is 1. The van der Waals surface area contributed by atoms with Crippen LogP contribution in [0.15, 0.2) is 36.4 Å². The summed E-state index contributed by atoms with van der Waals surface area (Å²) in [5.74, 6) is 2.45. The van der Waals surface area contributed by atoms with E-state index >= 15 is 0 Å². The molecule has 0 aliphatic carbocycles. The monoisotopic (exact) mass is 314 g/mol. The summed E-state index contributed by atoms with van der Waals surface area (Å²) in [7, 11) is 4.71. The van der Waals surface area contributed by atoms with E-state index in [1.807, 2.05) is 30.3 Å². The van der Waals surface area contributed by atoms with E-state index in [-0.39, 0.29) is 12.2 Å². The van der Waals surface area contributed by atoms with E-state index in [0.717, 1.165) is 5.56 Å². The quantitative estimate of drug-likeness (QED) is 0.868. The third-order valence-corrected chi connectivity index (χ3v) is 3.89. The Morgan fingerprint density at radius 3 is 2.57 bits per heavy atom. The molecule has 0 aromatic heterocycles. The number of hydrogen-bond donors (Lipinski definition) is 0. The van der Waals surface area contributed by atoms with Crippen molar-refractivity contribution in [2.75, 3.05) is 21.3 Å². The van der Waals surface area contributed by atoms with Crippen LogP contribution in [-0.4, -0.2) is 27.1 Å². The van der Waals surface area contributed by atoms with Gasteiger partial charge in [-0.2, -0.15) is 0 Å². The normalized spacial score (nSPS) is 16.3.